The van der Waals surface area contributed by atoms with Gasteiger partial charge in [0.25, 0.3) is 0 Å². The average Bonchev–Trinajstić information content (AvgIpc) is 2.70. The molecule has 160 valence electrons. The lowest BCUT2D eigenvalue weighted by molar-refractivity contribution is 0.367. The summed E-state index contributed by atoms with van der Waals surface area (Å²) in [4.78, 5) is 6.85. The maximum Gasteiger partial charge on any atom is 0.193 e. The summed E-state index contributed by atoms with van der Waals surface area (Å²) < 4.78 is 16.4. The fourth-order valence-electron chi connectivity index (χ4n) is 3.23. The minimum atomic E-state index is 0. The molecule has 0 saturated carbocycles. The Kier molecular flexibility index (Phi) is 11.2. The van der Waals surface area contributed by atoms with E-state index in [1.165, 1.54) is 0 Å². The Morgan fingerprint density at radius 3 is 2.36 bits per heavy atom. The first-order chi connectivity index (χ1) is 13.0. The second kappa shape index (κ2) is 12.5. The van der Waals surface area contributed by atoms with Crippen molar-refractivity contribution in [2.75, 3.05) is 53.8 Å². The first kappa shape index (κ1) is 25.0. The van der Waals surface area contributed by atoms with Crippen molar-refractivity contribution in [3.8, 4) is 17.2 Å². The number of thioether (sulfide) groups is 1. The smallest absolute Gasteiger partial charge is 0.193 e. The van der Waals surface area contributed by atoms with Gasteiger partial charge in [-0.25, -0.2) is 0 Å². The van der Waals surface area contributed by atoms with E-state index in [1.807, 2.05) is 19.2 Å². The summed E-state index contributed by atoms with van der Waals surface area (Å²) in [6, 6.07) is 3.78. The second-order valence-corrected chi connectivity index (χ2v) is 8.18. The van der Waals surface area contributed by atoms with Gasteiger partial charge in [0.1, 0.15) is 17.2 Å². The van der Waals surface area contributed by atoms with Crippen molar-refractivity contribution in [2.45, 2.75) is 25.5 Å². The Morgan fingerprint density at radius 1 is 1.21 bits per heavy atom. The summed E-state index contributed by atoms with van der Waals surface area (Å²) in [5.74, 6) is 5.05. The molecule has 1 aromatic rings. The molecule has 28 heavy (non-hydrogen) atoms. The summed E-state index contributed by atoms with van der Waals surface area (Å²) >= 11 is 2.07. The van der Waals surface area contributed by atoms with E-state index >= 15 is 0 Å². The van der Waals surface area contributed by atoms with Gasteiger partial charge in [-0.1, -0.05) is 13.8 Å². The van der Waals surface area contributed by atoms with Crippen molar-refractivity contribution in [3.05, 3.63) is 17.7 Å². The van der Waals surface area contributed by atoms with Gasteiger partial charge in [-0.05, 0) is 12.3 Å². The van der Waals surface area contributed by atoms with E-state index in [0.717, 1.165) is 60.6 Å². The highest BCUT2D eigenvalue weighted by Gasteiger charge is 2.25. The quantitative estimate of drug-likeness (QED) is 0.336. The Balaban J connectivity index is 0.00000392. The van der Waals surface area contributed by atoms with Crippen LogP contribution in [0.25, 0.3) is 0 Å². The number of nitrogens with zero attached hydrogens (tertiary/aromatic N) is 2. The topological polar surface area (TPSA) is 55.3 Å². The zero-order valence-electron chi connectivity index (χ0n) is 17.8. The molecule has 1 fully saturated rings. The molecule has 1 aliphatic rings. The Labute approximate surface area is 190 Å². The maximum absolute atomic E-state index is 5.54. The van der Waals surface area contributed by atoms with Crippen LogP contribution in [0, 0.1) is 5.92 Å². The summed E-state index contributed by atoms with van der Waals surface area (Å²) in [6.45, 7) is 7.40. The fraction of sp³-hybridized carbons (Fsp3) is 0.650. The van der Waals surface area contributed by atoms with Gasteiger partial charge in [-0.3, -0.25) is 4.99 Å². The molecule has 1 atom stereocenters. The van der Waals surface area contributed by atoms with E-state index in [4.69, 9.17) is 14.2 Å². The van der Waals surface area contributed by atoms with Crippen LogP contribution in [-0.2, 0) is 6.42 Å². The number of halogens is 1. The van der Waals surface area contributed by atoms with Gasteiger partial charge in [0.15, 0.2) is 5.96 Å². The van der Waals surface area contributed by atoms with E-state index < -0.39 is 0 Å². The molecule has 2 rings (SSSR count). The van der Waals surface area contributed by atoms with Crippen molar-refractivity contribution in [2.24, 2.45) is 10.9 Å². The first-order valence-corrected chi connectivity index (χ1v) is 10.4. The SMILES string of the molecule is CN=C(NCCc1c(OC)cc(OC)cc1OC)N1CCSC(C(C)C)C1.I. The minimum Gasteiger partial charge on any atom is -0.496 e. The lowest BCUT2D eigenvalue weighted by atomic mass is 10.1. The number of guanidine groups is 1. The van der Waals surface area contributed by atoms with Crippen LogP contribution >= 0.6 is 35.7 Å². The number of aliphatic imine (C=N–C) groups is 1. The molecule has 8 heteroatoms. The van der Waals surface area contributed by atoms with Crippen LogP contribution < -0.4 is 19.5 Å². The molecule has 0 spiro atoms. The lowest BCUT2D eigenvalue weighted by Gasteiger charge is -2.36. The summed E-state index contributed by atoms with van der Waals surface area (Å²) in [6.07, 6.45) is 0.769. The van der Waals surface area contributed by atoms with Gasteiger partial charge in [-0.15, -0.1) is 24.0 Å². The number of methoxy groups -OCH3 is 3. The third kappa shape index (κ3) is 6.50. The number of nitrogens with one attached hydrogen (secondary N) is 1. The highest BCUT2D eigenvalue weighted by molar-refractivity contribution is 14.0. The van der Waals surface area contributed by atoms with Crippen molar-refractivity contribution in [3.63, 3.8) is 0 Å². The molecule has 0 amide bonds. The van der Waals surface area contributed by atoms with Crippen LogP contribution in [-0.4, -0.2) is 69.9 Å². The molecule has 1 aromatic carbocycles. The predicted octanol–water partition coefficient (Wildman–Crippen LogP) is 3.52. The van der Waals surface area contributed by atoms with Gasteiger partial charge >= 0.3 is 0 Å². The van der Waals surface area contributed by atoms with Crippen LogP contribution in [0.4, 0.5) is 0 Å². The maximum atomic E-state index is 5.54. The van der Waals surface area contributed by atoms with Gasteiger partial charge in [-0.2, -0.15) is 11.8 Å². The normalized spacial score (nSPS) is 17.2. The molecule has 0 bridgehead atoms. The van der Waals surface area contributed by atoms with Crippen molar-refractivity contribution >= 4 is 41.7 Å². The van der Waals surface area contributed by atoms with Crippen LogP contribution in [0.5, 0.6) is 17.2 Å². The molecule has 1 aliphatic heterocycles. The molecular weight excluding hydrogens is 489 g/mol. The Hall–Kier alpha value is -1.03. The predicted molar refractivity (Wildman–Crippen MR) is 129 cm³/mol. The summed E-state index contributed by atoms with van der Waals surface area (Å²) in [5, 5.41) is 4.15. The van der Waals surface area contributed by atoms with E-state index in [-0.39, 0.29) is 24.0 Å². The highest BCUT2D eigenvalue weighted by atomic mass is 127. The average molecular weight is 523 g/mol. The zero-order chi connectivity index (χ0) is 19.8. The molecule has 1 saturated heterocycles. The molecule has 0 aromatic heterocycles. The molecule has 0 radical (unpaired) electrons. The van der Waals surface area contributed by atoms with Gasteiger partial charge in [0.2, 0.25) is 0 Å². The molecule has 1 N–H and O–H groups in total. The third-order valence-electron chi connectivity index (χ3n) is 4.82. The number of rotatable bonds is 7. The molecule has 1 heterocycles. The van der Waals surface area contributed by atoms with E-state index in [1.54, 1.807) is 21.3 Å². The van der Waals surface area contributed by atoms with Crippen molar-refractivity contribution in [1.29, 1.82) is 0 Å². The molecule has 6 nitrogen and oxygen atoms in total. The number of ether oxygens (including phenoxy) is 3. The van der Waals surface area contributed by atoms with Crippen LogP contribution in [0.2, 0.25) is 0 Å². The number of benzene rings is 1. The molecular formula is C20H34IN3O3S. The first-order valence-electron chi connectivity index (χ1n) is 9.40. The Bertz CT molecular complexity index is 618. The standard InChI is InChI=1S/C20H33N3O3S.HI/c1-14(2)19-13-23(9-10-27-19)20(21-3)22-8-7-16-17(25-5)11-15(24-4)12-18(16)26-6;/h11-12,14,19H,7-10,13H2,1-6H3,(H,21,22);1H. The summed E-state index contributed by atoms with van der Waals surface area (Å²) in [5.41, 5.74) is 1.03. The third-order valence-corrected chi connectivity index (χ3v) is 6.36. The number of hydrogen-bond donors (Lipinski definition) is 1. The van der Waals surface area contributed by atoms with Crippen LogP contribution in [0.15, 0.2) is 17.1 Å². The van der Waals surface area contributed by atoms with E-state index in [0.29, 0.717) is 11.2 Å². The van der Waals surface area contributed by atoms with E-state index in [9.17, 15) is 0 Å². The highest BCUT2D eigenvalue weighted by Crippen LogP contribution is 2.34. The number of hydrogen-bond acceptors (Lipinski definition) is 5. The van der Waals surface area contributed by atoms with Crippen LogP contribution in [0.1, 0.15) is 19.4 Å². The minimum absolute atomic E-state index is 0. The largest absolute Gasteiger partial charge is 0.496 e. The van der Waals surface area contributed by atoms with E-state index in [2.05, 4.69) is 40.8 Å². The van der Waals surface area contributed by atoms with Crippen molar-refractivity contribution < 1.29 is 14.2 Å². The van der Waals surface area contributed by atoms with Crippen molar-refractivity contribution in [1.82, 2.24) is 10.2 Å². The molecule has 0 aliphatic carbocycles. The van der Waals surface area contributed by atoms with Gasteiger partial charge in [0, 0.05) is 55.4 Å². The lowest BCUT2D eigenvalue weighted by Crippen LogP contribution is -2.49. The van der Waals surface area contributed by atoms with Gasteiger partial charge in [0.05, 0.1) is 21.3 Å². The Morgan fingerprint density at radius 2 is 1.86 bits per heavy atom. The molecule has 1 unspecified atom stereocenters. The van der Waals surface area contributed by atoms with Gasteiger partial charge < -0.3 is 24.4 Å². The zero-order valence-corrected chi connectivity index (χ0v) is 20.9. The fourth-order valence-corrected chi connectivity index (χ4v) is 4.53. The second-order valence-electron chi connectivity index (χ2n) is 6.83. The monoisotopic (exact) mass is 523 g/mol. The summed E-state index contributed by atoms with van der Waals surface area (Å²) in [7, 11) is 6.83. The van der Waals surface area contributed by atoms with Crippen LogP contribution in [0.3, 0.4) is 0 Å².